The predicted molar refractivity (Wildman–Crippen MR) is 82.1 cm³/mol. The molecule has 0 aromatic carbocycles. The van der Waals surface area contributed by atoms with Crippen molar-refractivity contribution in [3.8, 4) is 0 Å². The summed E-state index contributed by atoms with van der Waals surface area (Å²) in [7, 11) is 1.03. The second-order valence-electron chi connectivity index (χ2n) is 5.24. The normalized spacial score (nSPS) is 29.5. The van der Waals surface area contributed by atoms with Crippen LogP contribution in [0.3, 0.4) is 0 Å². The van der Waals surface area contributed by atoms with Gasteiger partial charge in [-0.15, -0.1) is 0 Å². The largest absolute Gasteiger partial charge is 0.352 e. The van der Waals surface area contributed by atoms with Gasteiger partial charge in [0.25, 0.3) is 0 Å². The predicted octanol–water partition coefficient (Wildman–Crippen LogP) is 2.00. The van der Waals surface area contributed by atoms with Crippen LogP contribution in [0.2, 0.25) is 0 Å². The average molecular weight is 324 g/mol. The van der Waals surface area contributed by atoms with Gasteiger partial charge in [0.05, 0.1) is 11.5 Å². The zero-order valence-electron chi connectivity index (χ0n) is 11.0. The van der Waals surface area contributed by atoms with Gasteiger partial charge in [-0.2, -0.15) is 0 Å². The number of unbranched alkanes of at least 4 members (excludes halogenated alkanes) is 1. The van der Waals surface area contributed by atoms with Crippen LogP contribution in [0.25, 0.3) is 0 Å². The number of hydrogen-bond donors (Lipinski definition) is 1. The standard InChI is InChI=1S/C12H21NO3S3/c14-12(13-10-6-8-19(15,16)9-10)4-2-1-3-11-5-7-17-18-11/h10-11H,1-9H2,(H,13,14)/t10-,11-/m1/s1. The molecule has 19 heavy (non-hydrogen) atoms. The highest BCUT2D eigenvalue weighted by Crippen LogP contribution is 2.39. The van der Waals surface area contributed by atoms with Gasteiger partial charge in [-0.1, -0.05) is 28.0 Å². The van der Waals surface area contributed by atoms with Crippen molar-refractivity contribution < 1.29 is 13.2 Å². The lowest BCUT2D eigenvalue weighted by Gasteiger charge is -2.11. The zero-order valence-corrected chi connectivity index (χ0v) is 13.4. The molecule has 110 valence electrons. The molecule has 2 aliphatic heterocycles. The molecule has 4 nitrogen and oxygen atoms in total. The van der Waals surface area contributed by atoms with Gasteiger partial charge >= 0.3 is 0 Å². The Morgan fingerprint density at radius 2 is 2.11 bits per heavy atom. The fourth-order valence-corrected chi connectivity index (χ4v) is 7.13. The van der Waals surface area contributed by atoms with E-state index in [2.05, 4.69) is 5.32 Å². The number of nitrogens with one attached hydrogen (secondary N) is 1. The summed E-state index contributed by atoms with van der Waals surface area (Å²) in [6.07, 6.45) is 5.59. The first-order valence-corrected chi connectivity index (χ1v) is 11.0. The Morgan fingerprint density at radius 1 is 1.26 bits per heavy atom. The number of rotatable bonds is 6. The minimum atomic E-state index is -2.90. The van der Waals surface area contributed by atoms with Gasteiger partial charge in [-0.25, -0.2) is 8.42 Å². The quantitative estimate of drug-likeness (QED) is 0.598. The number of carbonyl (C=O) groups excluding carboxylic acids is 1. The maximum atomic E-state index is 11.7. The second kappa shape index (κ2) is 7.22. The maximum Gasteiger partial charge on any atom is 0.220 e. The Kier molecular flexibility index (Phi) is 5.89. The fourth-order valence-electron chi connectivity index (χ4n) is 2.43. The van der Waals surface area contributed by atoms with Crippen molar-refractivity contribution in [3.63, 3.8) is 0 Å². The first kappa shape index (κ1) is 15.5. The molecule has 7 heteroatoms. The maximum absolute atomic E-state index is 11.7. The van der Waals surface area contributed by atoms with E-state index in [0.717, 1.165) is 18.1 Å². The van der Waals surface area contributed by atoms with E-state index in [9.17, 15) is 13.2 Å². The minimum absolute atomic E-state index is 0.00977. The molecule has 2 fully saturated rings. The lowest BCUT2D eigenvalue weighted by atomic mass is 10.1. The van der Waals surface area contributed by atoms with Gasteiger partial charge in [-0.05, 0) is 25.7 Å². The molecule has 0 spiro atoms. The Labute approximate surface area is 123 Å². The van der Waals surface area contributed by atoms with Crippen molar-refractivity contribution in [2.75, 3.05) is 17.3 Å². The second-order valence-corrected chi connectivity index (χ2v) is 10.3. The first-order chi connectivity index (χ1) is 9.05. The third-order valence-electron chi connectivity index (χ3n) is 3.50. The van der Waals surface area contributed by atoms with Crippen LogP contribution in [0.4, 0.5) is 0 Å². The lowest BCUT2D eigenvalue weighted by Crippen LogP contribution is -2.35. The minimum Gasteiger partial charge on any atom is -0.352 e. The third-order valence-corrected chi connectivity index (χ3v) is 8.28. The number of carbonyl (C=O) groups is 1. The van der Waals surface area contributed by atoms with Crippen LogP contribution in [-0.2, 0) is 14.6 Å². The van der Waals surface area contributed by atoms with Gasteiger partial charge in [-0.3, -0.25) is 4.79 Å². The molecule has 2 heterocycles. The van der Waals surface area contributed by atoms with Crippen molar-refractivity contribution >= 4 is 37.3 Å². The third kappa shape index (κ3) is 5.55. The van der Waals surface area contributed by atoms with Crippen LogP contribution in [0.5, 0.6) is 0 Å². The highest BCUT2D eigenvalue weighted by molar-refractivity contribution is 8.77. The Hall–Kier alpha value is 0.120. The van der Waals surface area contributed by atoms with Crippen LogP contribution >= 0.6 is 21.6 Å². The van der Waals surface area contributed by atoms with Crippen LogP contribution in [0.1, 0.15) is 38.5 Å². The van der Waals surface area contributed by atoms with Crippen molar-refractivity contribution in [3.05, 3.63) is 0 Å². The molecule has 0 aliphatic carbocycles. The molecule has 0 aromatic heterocycles. The van der Waals surface area contributed by atoms with Crippen LogP contribution in [0.15, 0.2) is 0 Å². The fraction of sp³-hybridized carbons (Fsp3) is 0.917. The van der Waals surface area contributed by atoms with E-state index in [1.807, 2.05) is 21.6 Å². The van der Waals surface area contributed by atoms with E-state index in [0.29, 0.717) is 12.8 Å². The zero-order chi connectivity index (χ0) is 13.7. The Balaban J connectivity index is 1.55. The summed E-state index contributed by atoms with van der Waals surface area (Å²) in [6.45, 7) is 0. The van der Waals surface area contributed by atoms with Crippen LogP contribution in [-0.4, -0.2) is 42.9 Å². The molecule has 0 unspecified atom stereocenters. The van der Waals surface area contributed by atoms with Gasteiger partial charge in [0.2, 0.25) is 5.91 Å². The Bertz CT molecular complexity index is 404. The number of hydrogen-bond acceptors (Lipinski definition) is 5. The smallest absolute Gasteiger partial charge is 0.220 e. The van der Waals surface area contributed by atoms with E-state index in [1.165, 1.54) is 18.6 Å². The van der Waals surface area contributed by atoms with Crippen LogP contribution < -0.4 is 5.32 Å². The SMILES string of the molecule is O=C(CCCC[C@@H]1CCSS1)N[C@@H]1CCS(=O)(=O)C1. The molecular weight excluding hydrogens is 302 g/mol. The average Bonchev–Trinajstić information content (AvgIpc) is 2.94. The van der Waals surface area contributed by atoms with Crippen molar-refractivity contribution in [1.82, 2.24) is 5.32 Å². The highest BCUT2D eigenvalue weighted by atomic mass is 33.1. The van der Waals surface area contributed by atoms with Crippen molar-refractivity contribution in [1.29, 1.82) is 0 Å². The molecule has 2 atom stereocenters. The molecule has 2 saturated heterocycles. The summed E-state index contributed by atoms with van der Waals surface area (Å²) in [5, 5.41) is 3.61. The summed E-state index contributed by atoms with van der Waals surface area (Å²) in [4.78, 5) is 11.7. The van der Waals surface area contributed by atoms with Gasteiger partial charge in [0, 0.05) is 23.5 Å². The lowest BCUT2D eigenvalue weighted by molar-refractivity contribution is -0.121. The summed E-state index contributed by atoms with van der Waals surface area (Å²) >= 11 is 0. The molecule has 0 radical (unpaired) electrons. The monoisotopic (exact) mass is 323 g/mol. The summed E-state index contributed by atoms with van der Waals surface area (Å²) < 4.78 is 22.5. The van der Waals surface area contributed by atoms with Crippen molar-refractivity contribution in [2.45, 2.75) is 49.8 Å². The van der Waals surface area contributed by atoms with Gasteiger partial charge < -0.3 is 5.32 Å². The molecule has 0 saturated carbocycles. The van der Waals surface area contributed by atoms with E-state index in [4.69, 9.17) is 0 Å². The number of amides is 1. The molecule has 0 bridgehead atoms. The molecule has 0 aromatic rings. The summed E-state index contributed by atoms with van der Waals surface area (Å²) in [6, 6.07) is -0.153. The molecule has 2 aliphatic rings. The summed E-state index contributed by atoms with van der Waals surface area (Å²) in [5.74, 6) is 1.60. The number of sulfone groups is 1. The van der Waals surface area contributed by atoms with E-state index in [1.54, 1.807) is 0 Å². The molecule has 1 amide bonds. The topological polar surface area (TPSA) is 63.2 Å². The molecule has 1 N–H and O–H groups in total. The van der Waals surface area contributed by atoms with Crippen molar-refractivity contribution in [2.24, 2.45) is 0 Å². The van der Waals surface area contributed by atoms with E-state index >= 15 is 0 Å². The van der Waals surface area contributed by atoms with Gasteiger partial charge in [0.15, 0.2) is 9.84 Å². The van der Waals surface area contributed by atoms with Gasteiger partial charge in [0.1, 0.15) is 0 Å². The Morgan fingerprint density at radius 3 is 2.74 bits per heavy atom. The molecular formula is C12H21NO3S3. The summed E-state index contributed by atoms with van der Waals surface area (Å²) in [5.41, 5.74) is 0. The van der Waals surface area contributed by atoms with E-state index in [-0.39, 0.29) is 23.5 Å². The van der Waals surface area contributed by atoms with E-state index < -0.39 is 9.84 Å². The molecule has 2 rings (SSSR count). The first-order valence-electron chi connectivity index (χ1n) is 6.83. The highest BCUT2D eigenvalue weighted by Gasteiger charge is 2.28. The van der Waals surface area contributed by atoms with Crippen LogP contribution in [0, 0.1) is 0 Å².